The van der Waals surface area contributed by atoms with Crippen LogP contribution in [-0.4, -0.2) is 5.91 Å². The van der Waals surface area contributed by atoms with Crippen molar-refractivity contribution in [2.75, 3.05) is 5.43 Å². The molecule has 0 radical (unpaired) electrons. The van der Waals surface area contributed by atoms with Crippen molar-refractivity contribution in [2.45, 2.75) is 6.92 Å². The monoisotopic (exact) mass is 300 g/mol. The first-order valence-corrected chi connectivity index (χ1v) is 6.77. The molecule has 94 valence electrons. The second-order valence-corrected chi connectivity index (χ2v) is 5.37. The van der Waals surface area contributed by atoms with Gasteiger partial charge in [-0.3, -0.25) is 15.6 Å². The standard InChI is InChI=1S/C12H10Cl2N2OS/c1-7-2-3-8(6-10(7)14)15-16-12(17)11-9(13)4-5-18-11/h2-6,15H,1H3,(H,16,17). The summed E-state index contributed by atoms with van der Waals surface area (Å²) in [4.78, 5) is 12.2. The Morgan fingerprint density at radius 3 is 2.61 bits per heavy atom. The van der Waals surface area contributed by atoms with E-state index in [-0.39, 0.29) is 5.91 Å². The van der Waals surface area contributed by atoms with Gasteiger partial charge in [0.25, 0.3) is 5.91 Å². The first-order valence-electron chi connectivity index (χ1n) is 5.13. The zero-order valence-electron chi connectivity index (χ0n) is 9.46. The highest BCUT2D eigenvalue weighted by atomic mass is 35.5. The molecule has 1 aromatic heterocycles. The minimum atomic E-state index is -0.272. The number of anilines is 1. The fourth-order valence-electron chi connectivity index (χ4n) is 1.31. The number of benzene rings is 1. The van der Waals surface area contributed by atoms with Crippen LogP contribution in [0, 0.1) is 6.92 Å². The van der Waals surface area contributed by atoms with Crippen LogP contribution >= 0.6 is 34.5 Å². The van der Waals surface area contributed by atoms with Gasteiger partial charge in [-0.25, -0.2) is 0 Å². The second-order valence-electron chi connectivity index (χ2n) is 3.64. The molecule has 0 fully saturated rings. The third-order valence-electron chi connectivity index (χ3n) is 2.32. The van der Waals surface area contributed by atoms with Crippen molar-refractivity contribution < 1.29 is 4.79 Å². The first-order chi connectivity index (χ1) is 8.58. The summed E-state index contributed by atoms with van der Waals surface area (Å²) in [6.45, 7) is 1.91. The zero-order valence-corrected chi connectivity index (χ0v) is 11.8. The third-order valence-corrected chi connectivity index (χ3v) is 4.06. The number of aryl methyl sites for hydroxylation is 1. The molecular formula is C12H10Cl2N2OS. The van der Waals surface area contributed by atoms with E-state index in [1.807, 2.05) is 19.1 Å². The van der Waals surface area contributed by atoms with E-state index in [4.69, 9.17) is 23.2 Å². The molecule has 0 aliphatic carbocycles. The van der Waals surface area contributed by atoms with Crippen molar-refractivity contribution in [3.63, 3.8) is 0 Å². The lowest BCUT2D eigenvalue weighted by atomic mass is 10.2. The van der Waals surface area contributed by atoms with Crippen molar-refractivity contribution in [1.82, 2.24) is 5.43 Å². The van der Waals surface area contributed by atoms with E-state index in [9.17, 15) is 4.79 Å². The molecule has 1 amide bonds. The van der Waals surface area contributed by atoms with Crippen molar-refractivity contribution in [2.24, 2.45) is 0 Å². The molecular weight excluding hydrogens is 291 g/mol. The summed E-state index contributed by atoms with van der Waals surface area (Å²) in [6.07, 6.45) is 0. The summed E-state index contributed by atoms with van der Waals surface area (Å²) < 4.78 is 0. The Morgan fingerprint density at radius 1 is 1.22 bits per heavy atom. The molecule has 0 aliphatic heterocycles. The lowest BCUT2D eigenvalue weighted by Crippen LogP contribution is -2.28. The molecule has 2 N–H and O–H groups in total. The largest absolute Gasteiger partial charge is 0.298 e. The Hall–Kier alpha value is -1.23. The zero-order chi connectivity index (χ0) is 13.1. The van der Waals surface area contributed by atoms with Crippen LogP contribution in [0.2, 0.25) is 10.0 Å². The van der Waals surface area contributed by atoms with Crippen LogP contribution in [0.15, 0.2) is 29.6 Å². The lowest BCUT2D eigenvalue weighted by Gasteiger charge is -2.09. The molecule has 18 heavy (non-hydrogen) atoms. The Morgan fingerprint density at radius 2 is 2.00 bits per heavy atom. The Bertz CT molecular complexity index is 583. The normalized spacial score (nSPS) is 10.2. The van der Waals surface area contributed by atoms with Gasteiger partial charge in [-0.05, 0) is 36.1 Å². The van der Waals surface area contributed by atoms with E-state index in [0.29, 0.717) is 20.6 Å². The van der Waals surface area contributed by atoms with Gasteiger partial charge in [0, 0.05) is 5.02 Å². The van der Waals surface area contributed by atoms with Crippen LogP contribution in [0.25, 0.3) is 0 Å². The molecule has 0 aliphatic rings. The summed E-state index contributed by atoms with van der Waals surface area (Å²) in [5, 5.41) is 2.85. The minimum Gasteiger partial charge on any atom is -0.298 e. The van der Waals surface area contributed by atoms with Crippen molar-refractivity contribution in [3.05, 3.63) is 50.1 Å². The Labute approximate surface area is 119 Å². The Kier molecular flexibility index (Phi) is 4.11. The predicted octanol–water partition coefficient (Wildman–Crippen LogP) is 4.12. The average Bonchev–Trinajstić information content (AvgIpc) is 2.77. The molecule has 3 nitrogen and oxygen atoms in total. The number of thiophene rings is 1. The smallest absolute Gasteiger partial charge is 0.281 e. The summed E-state index contributed by atoms with van der Waals surface area (Å²) in [5.74, 6) is -0.272. The maximum atomic E-state index is 11.8. The number of hydrogen-bond donors (Lipinski definition) is 2. The Balaban J connectivity index is 2.02. The number of hydrogen-bond acceptors (Lipinski definition) is 3. The highest BCUT2D eigenvalue weighted by Gasteiger charge is 2.11. The van der Waals surface area contributed by atoms with Gasteiger partial charge in [0.15, 0.2) is 0 Å². The van der Waals surface area contributed by atoms with Gasteiger partial charge in [-0.15, -0.1) is 11.3 Å². The van der Waals surface area contributed by atoms with E-state index >= 15 is 0 Å². The molecule has 6 heteroatoms. The van der Waals surface area contributed by atoms with Crippen molar-refractivity contribution >= 4 is 46.1 Å². The fourth-order valence-corrected chi connectivity index (χ4v) is 2.53. The van der Waals surface area contributed by atoms with E-state index in [1.165, 1.54) is 11.3 Å². The van der Waals surface area contributed by atoms with Crippen molar-refractivity contribution in [3.8, 4) is 0 Å². The van der Waals surface area contributed by atoms with Gasteiger partial charge >= 0.3 is 0 Å². The molecule has 2 rings (SSSR count). The maximum Gasteiger partial charge on any atom is 0.281 e. The van der Waals surface area contributed by atoms with E-state index < -0.39 is 0 Å². The van der Waals surface area contributed by atoms with E-state index in [2.05, 4.69) is 10.9 Å². The molecule has 2 aromatic rings. The molecule has 0 saturated carbocycles. The SMILES string of the molecule is Cc1ccc(NNC(=O)c2sccc2Cl)cc1Cl. The van der Waals surface area contributed by atoms with Crippen LogP contribution in [0.1, 0.15) is 15.2 Å². The summed E-state index contributed by atoms with van der Waals surface area (Å²) in [7, 11) is 0. The molecule has 0 spiro atoms. The van der Waals surface area contributed by atoms with Gasteiger partial charge in [0.2, 0.25) is 0 Å². The average molecular weight is 301 g/mol. The van der Waals surface area contributed by atoms with Gasteiger partial charge in [0.05, 0.1) is 10.7 Å². The summed E-state index contributed by atoms with van der Waals surface area (Å²) in [5.41, 5.74) is 7.06. The molecule has 1 heterocycles. The number of rotatable bonds is 3. The number of halogens is 2. The number of hydrazine groups is 1. The minimum absolute atomic E-state index is 0.272. The fraction of sp³-hybridized carbons (Fsp3) is 0.0833. The van der Waals surface area contributed by atoms with Crippen LogP contribution in [0.5, 0.6) is 0 Å². The first kappa shape index (κ1) is 13.2. The molecule has 0 unspecified atom stereocenters. The lowest BCUT2D eigenvalue weighted by molar-refractivity contribution is 0.0967. The number of amides is 1. The third kappa shape index (κ3) is 2.96. The van der Waals surface area contributed by atoms with Crippen LogP contribution < -0.4 is 10.9 Å². The van der Waals surface area contributed by atoms with Crippen LogP contribution in [0.3, 0.4) is 0 Å². The van der Waals surface area contributed by atoms with Crippen LogP contribution in [-0.2, 0) is 0 Å². The van der Waals surface area contributed by atoms with Gasteiger partial charge < -0.3 is 0 Å². The van der Waals surface area contributed by atoms with Crippen LogP contribution in [0.4, 0.5) is 5.69 Å². The molecule has 0 saturated heterocycles. The quantitative estimate of drug-likeness (QED) is 0.837. The van der Waals surface area contributed by atoms with Gasteiger partial charge in [0.1, 0.15) is 4.88 Å². The van der Waals surface area contributed by atoms with Gasteiger partial charge in [-0.2, -0.15) is 0 Å². The van der Waals surface area contributed by atoms with E-state index in [0.717, 1.165) is 5.56 Å². The molecule has 0 bridgehead atoms. The maximum absolute atomic E-state index is 11.8. The topological polar surface area (TPSA) is 41.1 Å². The highest BCUT2D eigenvalue weighted by Crippen LogP contribution is 2.22. The number of carbonyl (C=O) groups excluding carboxylic acids is 1. The highest BCUT2D eigenvalue weighted by molar-refractivity contribution is 7.12. The van der Waals surface area contributed by atoms with Gasteiger partial charge in [-0.1, -0.05) is 29.3 Å². The molecule has 0 atom stereocenters. The van der Waals surface area contributed by atoms with E-state index in [1.54, 1.807) is 17.5 Å². The predicted molar refractivity (Wildman–Crippen MR) is 76.6 cm³/mol. The summed E-state index contributed by atoms with van der Waals surface area (Å²) >= 11 is 13.1. The number of nitrogens with one attached hydrogen (secondary N) is 2. The van der Waals surface area contributed by atoms with Crippen molar-refractivity contribution in [1.29, 1.82) is 0 Å². The second kappa shape index (κ2) is 5.61. The summed E-state index contributed by atoms with van der Waals surface area (Å²) in [6, 6.07) is 7.13. The number of carbonyl (C=O) groups is 1. The molecule has 1 aromatic carbocycles.